The molecule has 39 heavy (non-hydrogen) atoms. The maximum atomic E-state index is 13.9. The molecule has 0 bridgehead atoms. The molecule has 2 aliphatic heterocycles. The summed E-state index contributed by atoms with van der Waals surface area (Å²) in [6.45, 7) is 3.46. The van der Waals surface area contributed by atoms with Gasteiger partial charge >= 0.3 is 0 Å². The Bertz CT molecular complexity index is 1460. The molecule has 2 heterocycles. The highest BCUT2D eigenvalue weighted by molar-refractivity contribution is 6.16. The summed E-state index contributed by atoms with van der Waals surface area (Å²) in [5, 5.41) is 17.2. The number of para-hydroxylation sites is 2. The van der Waals surface area contributed by atoms with E-state index in [1.807, 2.05) is 42.5 Å². The average molecular weight is 527 g/mol. The first kappa shape index (κ1) is 26.2. The topological polar surface area (TPSA) is 97.7 Å². The fraction of sp³-hybridized carbons (Fsp3) is 0.258. The van der Waals surface area contributed by atoms with Gasteiger partial charge in [0, 0.05) is 23.6 Å². The van der Waals surface area contributed by atoms with Crippen LogP contribution in [0.25, 0.3) is 0 Å². The van der Waals surface area contributed by atoms with E-state index in [0.717, 1.165) is 5.56 Å². The summed E-state index contributed by atoms with van der Waals surface area (Å²) in [6.07, 6.45) is -1.23. The predicted molar refractivity (Wildman–Crippen MR) is 147 cm³/mol. The van der Waals surface area contributed by atoms with Crippen LogP contribution in [0.4, 0.5) is 5.69 Å². The highest BCUT2D eigenvalue weighted by Crippen LogP contribution is 2.45. The second kappa shape index (κ2) is 10.7. The van der Waals surface area contributed by atoms with E-state index in [4.69, 9.17) is 14.2 Å². The lowest BCUT2D eigenvalue weighted by Crippen LogP contribution is -2.33. The van der Waals surface area contributed by atoms with Crippen LogP contribution < -0.4 is 19.2 Å². The predicted octanol–water partition coefficient (Wildman–Crippen LogP) is 5.19. The van der Waals surface area contributed by atoms with Gasteiger partial charge in [-0.25, -0.2) is 5.01 Å². The number of fused-ring (bicyclic) bond motifs is 1. The van der Waals surface area contributed by atoms with E-state index in [9.17, 15) is 14.7 Å². The van der Waals surface area contributed by atoms with Crippen molar-refractivity contribution in [1.29, 1.82) is 0 Å². The molecule has 8 heteroatoms. The van der Waals surface area contributed by atoms with Gasteiger partial charge < -0.3 is 19.3 Å². The number of aliphatic hydroxyl groups is 1. The third kappa shape index (κ3) is 4.79. The van der Waals surface area contributed by atoms with Gasteiger partial charge in [0.05, 0.1) is 31.4 Å². The first-order valence-corrected chi connectivity index (χ1v) is 12.7. The van der Waals surface area contributed by atoms with Gasteiger partial charge in [-0.15, -0.1) is 0 Å². The van der Waals surface area contributed by atoms with Gasteiger partial charge in [-0.1, -0.05) is 42.5 Å². The van der Waals surface area contributed by atoms with Gasteiger partial charge in [-0.3, -0.25) is 9.59 Å². The molecule has 0 saturated carbocycles. The monoisotopic (exact) mass is 526 g/mol. The van der Waals surface area contributed by atoms with Crippen LogP contribution in [0.5, 0.6) is 17.2 Å². The lowest BCUT2D eigenvalue weighted by atomic mass is 9.78. The van der Waals surface area contributed by atoms with Gasteiger partial charge in [-0.2, -0.15) is 5.10 Å². The maximum absolute atomic E-state index is 13.9. The number of Topliss-reactive ketones (excluding diaryl/α,β-unsaturated/α-hetero) is 1. The standard InChI is InChI=1S/C31H30N2O6/c1-18-27(31(36)33(32-18)21-9-6-5-7-10-21)24(20-13-15-22(37-3)16-14-20)17-25(34)28-19(2)39-30-23(29(28)35)11-8-12-26(30)38-4/h5-16,24,27,29,35H,17H2,1-4H3. The van der Waals surface area contributed by atoms with E-state index in [-0.39, 0.29) is 23.7 Å². The average Bonchev–Trinajstić information content (AvgIpc) is 3.25. The Labute approximate surface area is 227 Å². The highest BCUT2D eigenvalue weighted by atomic mass is 16.5. The number of hydrogen-bond donors (Lipinski definition) is 1. The van der Waals surface area contributed by atoms with Crippen molar-refractivity contribution in [3.8, 4) is 17.2 Å². The molecule has 1 amide bonds. The van der Waals surface area contributed by atoms with E-state index in [2.05, 4.69) is 5.10 Å². The molecule has 3 atom stereocenters. The number of carbonyl (C=O) groups is 2. The van der Waals surface area contributed by atoms with Gasteiger partial charge in [0.2, 0.25) is 0 Å². The Kier molecular flexibility index (Phi) is 7.21. The smallest absolute Gasteiger partial charge is 0.256 e. The maximum Gasteiger partial charge on any atom is 0.256 e. The van der Waals surface area contributed by atoms with Crippen molar-refractivity contribution < 1.29 is 28.9 Å². The molecule has 0 spiro atoms. The number of carbonyl (C=O) groups excluding carboxylic acids is 2. The number of hydrazone groups is 1. The molecule has 0 fully saturated rings. The molecule has 2 aliphatic rings. The van der Waals surface area contributed by atoms with Gasteiger partial charge in [0.1, 0.15) is 17.6 Å². The van der Waals surface area contributed by atoms with Gasteiger partial charge in [-0.05, 0) is 49.7 Å². The molecule has 0 radical (unpaired) electrons. The van der Waals surface area contributed by atoms with Crippen molar-refractivity contribution in [3.05, 3.63) is 95.3 Å². The van der Waals surface area contributed by atoms with Crippen LogP contribution in [0, 0.1) is 5.92 Å². The van der Waals surface area contributed by atoms with Gasteiger partial charge in [0.15, 0.2) is 17.3 Å². The van der Waals surface area contributed by atoms with Crippen molar-refractivity contribution in [2.45, 2.75) is 32.3 Å². The van der Waals surface area contributed by atoms with E-state index in [1.54, 1.807) is 51.3 Å². The van der Waals surface area contributed by atoms with Crippen LogP contribution in [0.1, 0.15) is 43.4 Å². The zero-order valence-electron chi connectivity index (χ0n) is 22.3. The van der Waals surface area contributed by atoms with Crippen LogP contribution in [0.3, 0.4) is 0 Å². The molecule has 8 nitrogen and oxygen atoms in total. The Morgan fingerprint density at radius 2 is 1.72 bits per heavy atom. The SMILES string of the molecule is COc1ccc(C(CC(=O)C2=C(C)Oc3c(OC)cccc3C2O)C2C(=O)N(c3ccccc3)N=C2C)cc1. The number of ether oxygens (including phenoxy) is 3. The number of allylic oxidation sites excluding steroid dienone is 1. The minimum Gasteiger partial charge on any atom is -0.497 e. The van der Waals surface area contributed by atoms with E-state index in [0.29, 0.717) is 40.0 Å². The van der Waals surface area contributed by atoms with Crippen LogP contribution in [0.15, 0.2) is 89.2 Å². The number of ketones is 1. The zero-order valence-corrected chi connectivity index (χ0v) is 22.3. The Hall–Kier alpha value is -4.43. The number of amides is 1. The summed E-state index contributed by atoms with van der Waals surface area (Å²) in [5.41, 5.74) is 2.67. The first-order valence-electron chi connectivity index (χ1n) is 12.7. The summed E-state index contributed by atoms with van der Waals surface area (Å²) >= 11 is 0. The van der Waals surface area contributed by atoms with Crippen molar-refractivity contribution in [1.82, 2.24) is 0 Å². The van der Waals surface area contributed by atoms with E-state index >= 15 is 0 Å². The fourth-order valence-electron chi connectivity index (χ4n) is 5.31. The number of methoxy groups -OCH3 is 2. The van der Waals surface area contributed by atoms with Crippen LogP contribution in [0.2, 0.25) is 0 Å². The van der Waals surface area contributed by atoms with Crippen LogP contribution in [-0.2, 0) is 9.59 Å². The molecule has 3 aromatic carbocycles. The van der Waals surface area contributed by atoms with Crippen LogP contribution in [-0.4, -0.2) is 36.7 Å². The molecule has 3 unspecified atom stereocenters. The quantitative estimate of drug-likeness (QED) is 0.434. The normalized spacial score (nSPS) is 19.3. The zero-order chi connectivity index (χ0) is 27.7. The molecule has 5 rings (SSSR count). The lowest BCUT2D eigenvalue weighted by Gasteiger charge is -2.29. The van der Waals surface area contributed by atoms with Crippen molar-refractivity contribution in [2.24, 2.45) is 11.0 Å². The fourth-order valence-corrected chi connectivity index (χ4v) is 5.31. The highest BCUT2D eigenvalue weighted by Gasteiger charge is 2.43. The number of hydrogen-bond acceptors (Lipinski definition) is 7. The Morgan fingerprint density at radius 1 is 1.00 bits per heavy atom. The van der Waals surface area contributed by atoms with Crippen molar-refractivity contribution >= 4 is 23.1 Å². The number of rotatable bonds is 8. The molecule has 0 aromatic heterocycles. The second-order valence-corrected chi connectivity index (χ2v) is 9.56. The first-order chi connectivity index (χ1) is 18.8. The minimum atomic E-state index is -1.19. The summed E-state index contributed by atoms with van der Waals surface area (Å²) < 4.78 is 16.7. The minimum absolute atomic E-state index is 0.0371. The van der Waals surface area contributed by atoms with Crippen LogP contribution >= 0.6 is 0 Å². The molecule has 1 N–H and O–H groups in total. The lowest BCUT2D eigenvalue weighted by molar-refractivity contribution is -0.121. The Balaban J connectivity index is 1.50. The third-order valence-electron chi connectivity index (χ3n) is 7.27. The molecule has 200 valence electrons. The summed E-state index contributed by atoms with van der Waals surface area (Å²) in [7, 11) is 3.10. The van der Waals surface area contributed by atoms with Crippen molar-refractivity contribution in [3.63, 3.8) is 0 Å². The van der Waals surface area contributed by atoms with Gasteiger partial charge in [0.25, 0.3) is 5.91 Å². The molecular formula is C31H30N2O6. The van der Waals surface area contributed by atoms with E-state index < -0.39 is 17.9 Å². The largest absolute Gasteiger partial charge is 0.497 e. The third-order valence-corrected chi connectivity index (χ3v) is 7.27. The number of benzene rings is 3. The summed E-state index contributed by atoms with van der Waals surface area (Å²) in [6, 6.07) is 21.7. The summed E-state index contributed by atoms with van der Waals surface area (Å²) in [4.78, 5) is 27.6. The number of nitrogens with zero attached hydrogens (tertiary/aromatic N) is 2. The molecular weight excluding hydrogens is 496 g/mol. The molecule has 0 saturated heterocycles. The molecule has 3 aromatic rings. The van der Waals surface area contributed by atoms with Crippen molar-refractivity contribution in [2.75, 3.05) is 19.2 Å². The summed E-state index contributed by atoms with van der Waals surface area (Å²) in [5.74, 6) is 0.0929. The molecule has 0 aliphatic carbocycles. The second-order valence-electron chi connectivity index (χ2n) is 9.56. The van der Waals surface area contributed by atoms with E-state index in [1.165, 1.54) is 12.1 Å². The number of aliphatic hydroxyl groups excluding tert-OH is 1. The number of anilines is 1. The Morgan fingerprint density at radius 3 is 2.38 bits per heavy atom.